The zero-order valence-electron chi connectivity index (χ0n) is 8.07. The third-order valence-corrected chi connectivity index (χ3v) is 1.87. The highest BCUT2D eigenvalue weighted by Crippen LogP contribution is 2.32. The van der Waals surface area contributed by atoms with Crippen LogP contribution in [-0.4, -0.2) is 27.1 Å². The molecule has 2 unspecified atom stereocenters. The Labute approximate surface area is 84.8 Å². The van der Waals surface area contributed by atoms with Gasteiger partial charge < -0.3 is 14.8 Å². The van der Waals surface area contributed by atoms with Crippen LogP contribution in [0, 0.1) is 0 Å². The van der Waals surface area contributed by atoms with Crippen LogP contribution in [0.25, 0.3) is 0 Å². The predicted octanol–water partition coefficient (Wildman–Crippen LogP) is 1.46. The van der Waals surface area contributed by atoms with E-state index in [2.05, 4.69) is 0 Å². The maximum Gasteiger partial charge on any atom is 0.418 e. The summed E-state index contributed by atoms with van der Waals surface area (Å²) in [5.41, 5.74) is -0.219. The van der Waals surface area contributed by atoms with Gasteiger partial charge in [0.15, 0.2) is 6.10 Å². The third-order valence-electron chi connectivity index (χ3n) is 1.87. The summed E-state index contributed by atoms with van der Waals surface area (Å²) >= 11 is 0. The highest BCUT2D eigenvalue weighted by Gasteiger charge is 2.39. The van der Waals surface area contributed by atoms with Crippen molar-refractivity contribution in [1.82, 2.24) is 4.57 Å². The van der Waals surface area contributed by atoms with Gasteiger partial charge in [-0.15, -0.1) is 0 Å². The molecule has 15 heavy (non-hydrogen) atoms. The molecule has 86 valence electrons. The summed E-state index contributed by atoms with van der Waals surface area (Å²) in [5.74, 6) is 0. The van der Waals surface area contributed by atoms with Crippen molar-refractivity contribution in [2.24, 2.45) is 0 Å². The summed E-state index contributed by atoms with van der Waals surface area (Å²) in [6.07, 6.45) is -5.21. The Bertz CT molecular complexity index is 319. The highest BCUT2D eigenvalue weighted by atomic mass is 19.4. The normalized spacial score (nSPS) is 16.4. The van der Waals surface area contributed by atoms with Gasteiger partial charge in [-0.2, -0.15) is 13.2 Å². The molecule has 1 aromatic heterocycles. The van der Waals surface area contributed by atoms with Crippen molar-refractivity contribution in [2.45, 2.75) is 31.9 Å². The Morgan fingerprint density at radius 1 is 1.40 bits per heavy atom. The molecule has 3 nitrogen and oxygen atoms in total. The van der Waals surface area contributed by atoms with Gasteiger partial charge in [0, 0.05) is 24.5 Å². The van der Waals surface area contributed by atoms with Crippen LogP contribution in [0.4, 0.5) is 13.2 Å². The fourth-order valence-electron chi connectivity index (χ4n) is 1.23. The van der Waals surface area contributed by atoms with Crippen LogP contribution in [0.1, 0.15) is 18.6 Å². The van der Waals surface area contributed by atoms with Crippen molar-refractivity contribution in [3.05, 3.63) is 24.0 Å². The zero-order chi connectivity index (χ0) is 11.6. The molecule has 2 N–H and O–H groups in total. The topological polar surface area (TPSA) is 45.4 Å². The Kier molecular flexibility index (Phi) is 3.41. The molecule has 1 aromatic rings. The lowest BCUT2D eigenvalue weighted by atomic mass is 10.2. The molecule has 0 aliphatic heterocycles. The molecule has 2 atom stereocenters. The fraction of sp³-hybridized carbons (Fsp3) is 0.556. The van der Waals surface area contributed by atoms with E-state index in [0.29, 0.717) is 0 Å². The Balaban J connectivity index is 2.76. The van der Waals surface area contributed by atoms with E-state index in [1.54, 1.807) is 0 Å². The van der Waals surface area contributed by atoms with E-state index in [1.165, 1.54) is 30.0 Å². The van der Waals surface area contributed by atoms with E-state index in [1.807, 2.05) is 0 Å². The van der Waals surface area contributed by atoms with Crippen molar-refractivity contribution < 1.29 is 23.4 Å². The molecule has 0 saturated heterocycles. The lowest BCUT2D eigenvalue weighted by molar-refractivity contribution is -0.206. The second-order valence-corrected chi connectivity index (χ2v) is 3.43. The molecule has 0 saturated carbocycles. The zero-order valence-corrected chi connectivity index (χ0v) is 8.07. The first-order chi connectivity index (χ1) is 6.80. The van der Waals surface area contributed by atoms with Gasteiger partial charge in [-0.1, -0.05) is 0 Å². The van der Waals surface area contributed by atoms with Crippen LogP contribution in [0.3, 0.4) is 0 Å². The Morgan fingerprint density at radius 2 is 2.00 bits per heavy atom. The largest absolute Gasteiger partial charge is 0.418 e. The second kappa shape index (κ2) is 4.24. The monoisotopic (exact) mass is 223 g/mol. The number of alkyl halides is 3. The van der Waals surface area contributed by atoms with E-state index in [9.17, 15) is 13.2 Å². The SMILES string of the molecule is CC(O)Cn1ccc(C(O)C(F)(F)F)c1. The molecule has 0 bridgehead atoms. The molecule has 0 aliphatic carbocycles. The minimum absolute atomic E-state index is 0.199. The van der Waals surface area contributed by atoms with Crippen LogP contribution in [0.5, 0.6) is 0 Å². The van der Waals surface area contributed by atoms with Crippen molar-refractivity contribution in [3.8, 4) is 0 Å². The highest BCUT2D eigenvalue weighted by molar-refractivity contribution is 5.15. The van der Waals surface area contributed by atoms with Crippen molar-refractivity contribution in [1.29, 1.82) is 0 Å². The summed E-state index contributed by atoms with van der Waals surface area (Å²) in [7, 11) is 0. The van der Waals surface area contributed by atoms with Gasteiger partial charge in [0.2, 0.25) is 0 Å². The number of hydrogen-bond acceptors (Lipinski definition) is 2. The lowest BCUT2D eigenvalue weighted by Crippen LogP contribution is -2.19. The molecule has 0 amide bonds. The van der Waals surface area contributed by atoms with E-state index < -0.39 is 18.4 Å². The molecule has 0 aliphatic rings. The molecule has 0 fully saturated rings. The molecule has 0 aromatic carbocycles. The van der Waals surface area contributed by atoms with Crippen LogP contribution in [0.2, 0.25) is 0 Å². The molecule has 1 rings (SSSR count). The quantitative estimate of drug-likeness (QED) is 0.814. The number of aromatic nitrogens is 1. The lowest BCUT2D eigenvalue weighted by Gasteiger charge is -2.12. The Hall–Kier alpha value is -1.01. The summed E-state index contributed by atoms with van der Waals surface area (Å²) in [6.45, 7) is 1.73. The first-order valence-electron chi connectivity index (χ1n) is 4.39. The van der Waals surface area contributed by atoms with Crippen molar-refractivity contribution in [3.63, 3.8) is 0 Å². The molecular weight excluding hydrogens is 211 g/mol. The van der Waals surface area contributed by atoms with Crippen molar-refractivity contribution in [2.75, 3.05) is 0 Å². The number of aliphatic hydroxyl groups excluding tert-OH is 2. The molecule has 6 heteroatoms. The van der Waals surface area contributed by atoms with Gasteiger partial charge in [-0.25, -0.2) is 0 Å². The Morgan fingerprint density at radius 3 is 2.47 bits per heavy atom. The minimum Gasteiger partial charge on any atom is -0.392 e. The van der Waals surface area contributed by atoms with Crippen LogP contribution in [-0.2, 0) is 6.54 Å². The average Bonchev–Trinajstić information content (AvgIpc) is 2.48. The fourth-order valence-corrected chi connectivity index (χ4v) is 1.23. The van der Waals surface area contributed by atoms with Gasteiger partial charge in [-0.05, 0) is 13.0 Å². The number of nitrogens with zero attached hydrogens (tertiary/aromatic N) is 1. The summed E-state index contributed by atoms with van der Waals surface area (Å²) in [6, 6.07) is 1.18. The third kappa shape index (κ3) is 3.24. The van der Waals surface area contributed by atoms with Gasteiger partial charge in [-0.3, -0.25) is 0 Å². The standard InChI is InChI=1S/C9H12F3NO2/c1-6(14)4-13-3-2-7(5-13)8(15)9(10,11)12/h2-3,5-6,8,14-15H,4H2,1H3. The molecule has 1 heterocycles. The summed E-state index contributed by atoms with van der Waals surface area (Å²) < 4.78 is 37.7. The molecular formula is C9H12F3NO2. The van der Waals surface area contributed by atoms with Crippen LogP contribution in [0.15, 0.2) is 18.5 Å². The van der Waals surface area contributed by atoms with Gasteiger partial charge in [0.25, 0.3) is 0 Å². The van der Waals surface area contributed by atoms with Gasteiger partial charge in [0.05, 0.1) is 6.10 Å². The number of rotatable bonds is 3. The second-order valence-electron chi connectivity index (χ2n) is 3.43. The minimum atomic E-state index is -4.66. The predicted molar refractivity (Wildman–Crippen MR) is 47.1 cm³/mol. The molecule has 0 spiro atoms. The number of halogens is 3. The van der Waals surface area contributed by atoms with Gasteiger partial charge >= 0.3 is 6.18 Å². The van der Waals surface area contributed by atoms with E-state index in [-0.39, 0.29) is 12.1 Å². The van der Waals surface area contributed by atoms with E-state index >= 15 is 0 Å². The van der Waals surface area contributed by atoms with Crippen LogP contribution >= 0.6 is 0 Å². The first-order valence-corrected chi connectivity index (χ1v) is 4.39. The summed E-state index contributed by atoms with van der Waals surface area (Å²) in [5, 5.41) is 17.9. The molecule has 0 radical (unpaired) electrons. The van der Waals surface area contributed by atoms with Crippen LogP contribution < -0.4 is 0 Å². The maximum absolute atomic E-state index is 12.1. The summed E-state index contributed by atoms with van der Waals surface area (Å²) in [4.78, 5) is 0. The van der Waals surface area contributed by atoms with Gasteiger partial charge in [0.1, 0.15) is 0 Å². The van der Waals surface area contributed by atoms with Crippen molar-refractivity contribution >= 4 is 0 Å². The average molecular weight is 223 g/mol. The first kappa shape index (κ1) is 12.1. The van der Waals surface area contributed by atoms with E-state index in [4.69, 9.17) is 10.2 Å². The maximum atomic E-state index is 12.1. The van der Waals surface area contributed by atoms with E-state index in [0.717, 1.165) is 0 Å². The number of aliphatic hydroxyl groups is 2. The smallest absolute Gasteiger partial charge is 0.392 e. The number of hydrogen-bond donors (Lipinski definition) is 2.